The van der Waals surface area contributed by atoms with E-state index in [1.54, 1.807) is 23.5 Å². The van der Waals surface area contributed by atoms with Crippen molar-refractivity contribution in [1.82, 2.24) is 0 Å². The molecule has 4 aromatic rings. The van der Waals surface area contributed by atoms with E-state index in [0.29, 0.717) is 0 Å². The highest BCUT2D eigenvalue weighted by atomic mass is 35.5. The van der Waals surface area contributed by atoms with E-state index in [1.807, 2.05) is 48.5 Å². The van der Waals surface area contributed by atoms with Gasteiger partial charge in [-0.1, -0.05) is 65.0 Å². The summed E-state index contributed by atoms with van der Waals surface area (Å²) in [7, 11) is 0. The van der Waals surface area contributed by atoms with Crippen LogP contribution in [0.15, 0.2) is 105 Å². The third-order valence-corrected chi connectivity index (χ3v) is 6.97. The van der Waals surface area contributed by atoms with Crippen molar-refractivity contribution in [3.05, 3.63) is 95.5 Å². The Kier molecular flexibility index (Phi) is 6.28. The zero-order valence-electron chi connectivity index (χ0n) is 16.4. The molecule has 4 rings (SSSR count). The van der Waals surface area contributed by atoms with Crippen LogP contribution < -0.4 is 11.5 Å². The Morgan fingerprint density at radius 3 is 1.50 bits per heavy atom. The average molecular weight is 449 g/mol. The first-order valence-corrected chi connectivity index (χ1v) is 11.5. The van der Waals surface area contributed by atoms with Gasteiger partial charge in [0.15, 0.2) is 0 Å². The van der Waals surface area contributed by atoms with Crippen molar-refractivity contribution in [3.8, 4) is 11.1 Å². The van der Waals surface area contributed by atoms with E-state index in [0.717, 1.165) is 42.2 Å². The molecule has 0 bridgehead atoms. The predicted octanol–water partition coefficient (Wildman–Crippen LogP) is 7.78. The SMILES string of the molecule is Cc1ccc(Sc2cc(N)ccc2-c2ccc(N)cc2Sc2ccc(Cl)cc2)cc1. The summed E-state index contributed by atoms with van der Waals surface area (Å²) in [5, 5.41) is 0.725. The maximum absolute atomic E-state index is 6.13. The van der Waals surface area contributed by atoms with Crippen molar-refractivity contribution >= 4 is 46.5 Å². The minimum atomic E-state index is 0.725. The average Bonchev–Trinajstić information content (AvgIpc) is 2.72. The summed E-state index contributed by atoms with van der Waals surface area (Å²) in [6, 6.07) is 28.5. The van der Waals surface area contributed by atoms with Crippen molar-refractivity contribution in [3.63, 3.8) is 0 Å². The van der Waals surface area contributed by atoms with Gasteiger partial charge < -0.3 is 11.5 Å². The Balaban J connectivity index is 1.76. The summed E-state index contributed by atoms with van der Waals surface area (Å²) in [5.74, 6) is 0. The molecule has 0 aliphatic carbocycles. The fraction of sp³-hybridized carbons (Fsp3) is 0.0400. The van der Waals surface area contributed by atoms with Crippen LogP contribution in [0.2, 0.25) is 5.02 Å². The Bertz CT molecular complexity index is 1080. The lowest BCUT2D eigenvalue weighted by Gasteiger charge is -2.15. The van der Waals surface area contributed by atoms with Crippen molar-refractivity contribution in [2.45, 2.75) is 26.5 Å². The zero-order chi connectivity index (χ0) is 21.1. The van der Waals surface area contributed by atoms with Crippen molar-refractivity contribution in [2.75, 3.05) is 11.5 Å². The molecule has 30 heavy (non-hydrogen) atoms. The molecule has 0 saturated carbocycles. The first-order valence-electron chi connectivity index (χ1n) is 9.45. The monoisotopic (exact) mass is 448 g/mol. The number of benzene rings is 4. The van der Waals surface area contributed by atoms with E-state index in [9.17, 15) is 0 Å². The van der Waals surface area contributed by atoms with Crippen molar-refractivity contribution in [1.29, 1.82) is 0 Å². The molecule has 0 saturated heterocycles. The van der Waals surface area contributed by atoms with E-state index in [1.165, 1.54) is 10.5 Å². The topological polar surface area (TPSA) is 52.0 Å². The number of aryl methyl sites for hydroxylation is 1. The highest BCUT2D eigenvalue weighted by Gasteiger charge is 2.13. The molecule has 0 heterocycles. The van der Waals surface area contributed by atoms with Crippen LogP contribution in [0, 0.1) is 6.92 Å². The summed E-state index contributed by atoms with van der Waals surface area (Å²) in [6.45, 7) is 2.09. The minimum absolute atomic E-state index is 0.725. The van der Waals surface area contributed by atoms with Crippen LogP contribution >= 0.6 is 35.1 Å². The van der Waals surface area contributed by atoms with Gasteiger partial charge >= 0.3 is 0 Å². The number of hydrogen-bond acceptors (Lipinski definition) is 4. The highest BCUT2D eigenvalue weighted by Crippen LogP contribution is 2.43. The molecule has 4 aromatic carbocycles. The van der Waals surface area contributed by atoms with E-state index < -0.39 is 0 Å². The maximum atomic E-state index is 6.13. The molecule has 0 unspecified atom stereocenters. The largest absolute Gasteiger partial charge is 0.399 e. The minimum Gasteiger partial charge on any atom is -0.399 e. The van der Waals surface area contributed by atoms with Gasteiger partial charge in [-0.3, -0.25) is 0 Å². The van der Waals surface area contributed by atoms with E-state index >= 15 is 0 Å². The van der Waals surface area contributed by atoms with Crippen LogP contribution in [0.25, 0.3) is 11.1 Å². The van der Waals surface area contributed by atoms with Gasteiger partial charge in [0.2, 0.25) is 0 Å². The quantitative estimate of drug-likeness (QED) is 0.306. The molecule has 4 N–H and O–H groups in total. The molecule has 0 fully saturated rings. The van der Waals surface area contributed by atoms with Gasteiger partial charge in [0.1, 0.15) is 0 Å². The molecular weight excluding hydrogens is 428 g/mol. The fourth-order valence-corrected chi connectivity index (χ4v) is 5.20. The van der Waals surface area contributed by atoms with Crippen LogP contribution in [0.3, 0.4) is 0 Å². The second-order valence-corrected chi connectivity index (χ2v) is 9.65. The molecule has 0 aromatic heterocycles. The van der Waals surface area contributed by atoms with Gasteiger partial charge in [-0.2, -0.15) is 0 Å². The molecule has 2 nitrogen and oxygen atoms in total. The van der Waals surface area contributed by atoms with Crippen LogP contribution in [0.4, 0.5) is 11.4 Å². The third-order valence-electron chi connectivity index (χ3n) is 4.59. The molecule has 0 spiro atoms. The van der Waals surface area contributed by atoms with E-state index in [2.05, 4.69) is 43.3 Å². The molecule has 0 aliphatic rings. The molecule has 150 valence electrons. The first kappa shape index (κ1) is 20.7. The van der Waals surface area contributed by atoms with Crippen LogP contribution in [-0.4, -0.2) is 0 Å². The van der Waals surface area contributed by atoms with Crippen LogP contribution in [0.5, 0.6) is 0 Å². The molecule has 0 radical (unpaired) electrons. The molecule has 5 heteroatoms. The summed E-state index contributed by atoms with van der Waals surface area (Å²) in [6.07, 6.45) is 0. The lowest BCUT2D eigenvalue weighted by Crippen LogP contribution is -1.92. The van der Waals surface area contributed by atoms with Crippen molar-refractivity contribution < 1.29 is 0 Å². The number of anilines is 2. The predicted molar refractivity (Wildman–Crippen MR) is 132 cm³/mol. The fourth-order valence-electron chi connectivity index (χ4n) is 3.05. The van der Waals surface area contributed by atoms with Crippen LogP contribution in [-0.2, 0) is 0 Å². The van der Waals surface area contributed by atoms with Crippen molar-refractivity contribution in [2.24, 2.45) is 0 Å². The summed E-state index contributed by atoms with van der Waals surface area (Å²) < 4.78 is 0. The number of nitrogens with two attached hydrogens (primary N) is 2. The van der Waals surface area contributed by atoms with Gasteiger partial charge in [0.25, 0.3) is 0 Å². The summed E-state index contributed by atoms with van der Waals surface area (Å²) in [4.78, 5) is 4.48. The van der Waals surface area contributed by atoms with E-state index in [-0.39, 0.29) is 0 Å². The van der Waals surface area contributed by atoms with Gasteiger partial charge in [-0.05, 0) is 78.7 Å². The number of halogens is 1. The molecular formula is C25H21ClN2S2. The van der Waals surface area contributed by atoms with Gasteiger partial charge in [0.05, 0.1) is 0 Å². The maximum Gasteiger partial charge on any atom is 0.0406 e. The normalized spacial score (nSPS) is 10.9. The summed E-state index contributed by atoms with van der Waals surface area (Å²) in [5.41, 5.74) is 17.2. The second-order valence-electron chi connectivity index (χ2n) is 6.98. The third kappa shape index (κ3) is 4.96. The number of hydrogen-bond donors (Lipinski definition) is 2. The Hall–Kier alpha value is -2.53. The number of rotatable bonds is 5. The smallest absolute Gasteiger partial charge is 0.0406 e. The van der Waals surface area contributed by atoms with E-state index in [4.69, 9.17) is 23.1 Å². The Morgan fingerprint density at radius 2 is 1.03 bits per heavy atom. The molecule has 0 atom stereocenters. The number of nitrogen functional groups attached to an aromatic ring is 2. The summed E-state index contributed by atoms with van der Waals surface area (Å²) >= 11 is 9.43. The van der Waals surface area contributed by atoms with Gasteiger partial charge in [-0.25, -0.2) is 0 Å². The van der Waals surface area contributed by atoms with Crippen LogP contribution in [0.1, 0.15) is 5.56 Å². The lowest BCUT2D eigenvalue weighted by atomic mass is 10.0. The highest BCUT2D eigenvalue weighted by molar-refractivity contribution is 8.00. The van der Waals surface area contributed by atoms with Gasteiger partial charge in [0, 0.05) is 36.0 Å². The molecule has 0 aliphatic heterocycles. The Morgan fingerprint density at radius 1 is 0.600 bits per heavy atom. The van der Waals surface area contributed by atoms with Gasteiger partial charge in [-0.15, -0.1) is 0 Å². The first-order chi connectivity index (χ1) is 14.5. The second kappa shape index (κ2) is 9.09. The Labute approximate surface area is 190 Å². The lowest BCUT2D eigenvalue weighted by molar-refractivity contribution is 1.34. The molecule has 0 amide bonds. The standard InChI is InChI=1S/C25H21ClN2S2/c1-16-2-8-20(9-3-16)29-24-14-18(27)6-12-22(24)23-13-7-19(28)15-25(23)30-21-10-4-17(26)5-11-21/h2-15H,27-28H2,1H3. The zero-order valence-corrected chi connectivity index (χ0v) is 18.8.